The molecule has 1 saturated carbocycles. The largest absolute Gasteiger partial charge is 0.481 e. The molecule has 0 bridgehead atoms. The van der Waals surface area contributed by atoms with Crippen molar-refractivity contribution in [3.05, 3.63) is 59.7 Å². The third-order valence-electron chi connectivity index (χ3n) is 6.91. The number of ether oxygens (including phenoxy) is 2. The molecular weight excluding hydrogens is 424 g/mol. The molecular formula is C25H26N2O6. The van der Waals surface area contributed by atoms with Gasteiger partial charge in [-0.25, -0.2) is 4.79 Å². The van der Waals surface area contributed by atoms with Crippen molar-refractivity contribution in [2.24, 2.45) is 5.41 Å². The molecule has 2 unspecified atom stereocenters. The van der Waals surface area contributed by atoms with Gasteiger partial charge in [0.2, 0.25) is 0 Å². The highest BCUT2D eigenvalue weighted by Crippen LogP contribution is 2.45. The zero-order valence-corrected chi connectivity index (χ0v) is 18.1. The van der Waals surface area contributed by atoms with E-state index in [4.69, 9.17) is 9.47 Å². The first-order valence-corrected chi connectivity index (χ1v) is 11.2. The predicted octanol–water partition coefficient (Wildman–Crippen LogP) is 2.66. The summed E-state index contributed by atoms with van der Waals surface area (Å²) < 4.78 is 11.1. The average Bonchev–Trinajstić information content (AvgIpc) is 3.38. The van der Waals surface area contributed by atoms with E-state index < -0.39 is 35.5 Å². The molecule has 1 saturated heterocycles. The minimum atomic E-state index is -0.900. The van der Waals surface area contributed by atoms with Crippen LogP contribution in [0.2, 0.25) is 0 Å². The molecule has 0 radical (unpaired) electrons. The Morgan fingerprint density at radius 1 is 1.03 bits per heavy atom. The molecule has 3 N–H and O–H groups in total. The maximum atomic E-state index is 12.6. The van der Waals surface area contributed by atoms with Gasteiger partial charge in [0, 0.05) is 19.1 Å². The lowest BCUT2D eigenvalue weighted by Crippen LogP contribution is -2.49. The molecule has 8 heteroatoms. The fourth-order valence-corrected chi connectivity index (χ4v) is 4.76. The molecule has 2 aromatic carbocycles. The van der Waals surface area contributed by atoms with Gasteiger partial charge in [0.25, 0.3) is 5.91 Å². The maximum absolute atomic E-state index is 12.6. The molecule has 1 aliphatic heterocycles. The Morgan fingerprint density at radius 2 is 1.67 bits per heavy atom. The van der Waals surface area contributed by atoms with E-state index in [0.29, 0.717) is 25.9 Å². The highest BCUT2D eigenvalue weighted by molar-refractivity contribution is 5.85. The zero-order valence-electron chi connectivity index (χ0n) is 18.1. The van der Waals surface area contributed by atoms with Gasteiger partial charge >= 0.3 is 12.1 Å². The van der Waals surface area contributed by atoms with Gasteiger partial charge in [0.1, 0.15) is 6.61 Å². The number of carbonyl (C=O) groups is 3. The van der Waals surface area contributed by atoms with E-state index in [1.54, 1.807) is 0 Å². The smallest absolute Gasteiger partial charge is 0.407 e. The van der Waals surface area contributed by atoms with Crippen molar-refractivity contribution in [2.45, 2.75) is 37.3 Å². The van der Waals surface area contributed by atoms with Crippen LogP contribution in [0.1, 0.15) is 36.3 Å². The van der Waals surface area contributed by atoms with Gasteiger partial charge in [-0.2, -0.15) is 0 Å². The number of carbonyl (C=O) groups excluding carboxylic acids is 2. The van der Waals surface area contributed by atoms with E-state index in [-0.39, 0.29) is 19.1 Å². The van der Waals surface area contributed by atoms with Crippen LogP contribution in [0, 0.1) is 5.41 Å². The van der Waals surface area contributed by atoms with Crippen LogP contribution in [-0.4, -0.2) is 55.0 Å². The first-order chi connectivity index (χ1) is 16.0. The summed E-state index contributed by atoms with van der Waals surface area (Å²) in [5.41, 5.74) is 3.70. The summed E-state index contributed by atoms with van der Waals surface area (Å²) in [5.74, 6) is -1.36. The van der Waals surface area contributed by atoms with Crippen LogP contribution < -0.4 is 10.6 Å². The summed E-state index contributed by atoms with van der Waals surface area (Å²) in [4.78, 5) is 36.4. The number of aliphatic carboxylic acids is 1. The summed E-state index contributed by atoms with van der Waals surface area (Å²) >= 11 is 0. The Bertz CT molecular complexity index is 1050. The van der Waals surface area contributed by atoms with Crippen LogP contribution in [0.3, 0.4) is 0 Å². The third-order valence-corrected chi connectivity index (χ3v) is 6.91. The summed E-state index contributed by atoms with van der Waals surface area (Å²) in [6.07, 6.45) is 0.113. The number of nitrogens with one attached hydrogen (secondary N) is 2. The number of benzene rings is 2. The number of hydrogen-bond donors (Lipinski definition) is 3. The molecule has 172 valence electrons. The van der Waals surface area contributed by atoms with E-state index in [1.165, 1.54) is 0 Å². The zero-order chi connectivity index (χ0) is 23.0. The van der Waals surface area contributed by atoms with Crippen LogP contribution >= 0.6 is 0 Å². The summed E-state index contributed by atoms with van der Waals surface area (Å²) in [6.45, 7) is 0.584. The van der Waals surface area contributed by atoms with Crippen molar-refractivity contribution >= 4 is 18.0 Å². The Balaban J connectivity index is 1.17. The molecule has 2 amide bonds. The standard InChI is InChI=1S/C25H26N2O6/c28-22(26-14-25(10-11-25)23(29)30)21-20(9-12-32-21)27-24(31)33-13-19-17-7-3-1-5-15(17)16-6-2-4-8-18(16)19/h1-8,19-21H,9-14H2,(H,26,28)(H,27,31)(H,29,30). The first kappa shape index (κ1) is 21.5. The van der Waals surface area contributed by atoms with Gasteiger partial charge in [0.15, 0.2) is 6.10 Å². The summed E-state index contributed by atoms with van der Waals surface area (Å²) in [5, 5.41) is 14.7. The predicted molar refractivity (Wildman–Crippen MR) is 119 cm³/mol. The van der Waals surface area contributed by atoms with Crippen LogP contribution in [-0.2, 0) is 19.1 Å². The van der Waals surface area contributed by atoms with Crippen molar-refractivity contribution in [1.82, 2.24) is 10.6 Å². The lowest BCUT2D eigenvalue weighted by atomic mass is 9.98. The minimum absolute atomic E-state index is 0.0483. The third kappa shape index (κ3) is 4.06. The topological polar surface area (TPSA) is 114 Å². The lowest BCUT2D eigenvalue weighted by molar-refractivity contribution is -0.143. The SMILES string of the molecule is O=C(NC1CCOC1C(=O)NCC1(C(=O)O)CC1)OCC1c2ccccc2-c2ccccc21. The van der Waals surface area contributed by atoms with Crippen LogP contribution in [0.15, 0.2) is 48.5 Å². The van der Waals surface area contributed by atoms with Crippen LogP contribution in [0.25, 0.3) is 11.1 Å². The molecule has 2 fully saturated rings. The van der Waals surface area contributed by atoms with Crippen LogP contribution in [0.4, 0.5) is 4.79 Å². The number of rotatable bonds is 7. The number of hydrogen-bond acceptors (Lipinski definition) is 5. The van der Waals surface area contributed by atoms with Gasteiger partial charge in [-0.05, 0) is 41.5 Å². The molecule has 0 spiro atoms. The molecule has 33 heavy (non-hydrogen) atoms. The second-order valence-corrected chi connectivity index (χ2v) is 8.96. The number of alkyl carbamates (subject to hydrolysis) is 1. The number of fused-ring (bicyclic) bond motifs is 3. The van der Waals surface area contributed by atoms with Crippen molar-refractivity contribution in [3.8, 4) is 11.1 Å². The summed E-state index contributed by atoms with van der Waals surface area (Å²) in [7, 11) is 0. The second kappa shape index (κ2) is 8.51. The minimum Gasteiger partial charge on any atom is -0.481 e. The average molecular weight is 450 g/mol. The Hall–Kier alpha value is -3.39. The molecule has 2 atom stereocenters. The normalized spacial score (nSPS) is 22.2. The highest BCUT2D eigenvalue weighted by atomic mass is 16.6. The quantitative estimate of drug-likeness (QED) is 0.598. The number of carboxylic acids is 1. The van der Waals surface area contributed by atoms with Crippen LogP contribution in [0.5, 0.6) is 0 Å². The fourth-order valence-electron chi connectivity index (χ4n) is 4.76. The van der Waals surface area contributed by atoms with Crippen molar-refractivity contribution in [3.63, 3.8) is 0 Å². The number of amides is 2. The fraction of sp³-hybridized carbons (Fsp3) is 0.400. The van der Waals surface area contributed by atoms with Crippen molar-refractivity contribution in [2.75, 3.05) is 19.8 Å². The van der Waals surface area contributed by atoms with Gasteiger partial charge in [0.05, 0.1) is 11.5 Å². The molecule has 3 aliphatic rings. The lowest BCUT2D eigenvalue weighted by Gasteiger charge is -2.21. The van der Waals surface area contributed by atoms with E-state index in [0.717, 1.165) is 22.3 Å². The summed E-state index contributed by atoms with van der Waals surface area (Å²) in [6, 6.07) is 15.7. The second-order valence-electron chi connectivity index (χ2n) is 8.96. The first-order valence-electron chi connectivity index (χ1n) is 11.2. The Labute approximate surface area is 191 Å². The van der Waals surface area contributed by atoms with Gasteiger partial charge in [-0.15, -0.1) is 0 Å². The Morgan fingerprint density at radius 3 is 2.27 bits per heavy atom. The van der Waals surface area contributed by atoms with E-state index >= 15 is 0 Å². The van der Waals surface area contributed by atoms with E-state index in [9.17, 15) is 19.5 Å². The number of carboxylic acid groups (broad SMARTS) is 1. The Kier molecular flexibility index (Phi) is 5.54. The van der Waals surface area contributed by atoms with Crippen molar-refractivity contribution in [1.29, 1.82) is 0 Å². The molecule has 2 aliphatic carbocycles. The molecule has 1 heterocycles. The highest BCUT2D eigenvalue weighted by Gasteiger charge is 2.51. The van der Waals surface area contributed by atoms with Gasteiger partial charge in [-0.1, -0.05) is 48.5 Å². The monoisotopic (exact) mass is 450 g/mol. The molecule has 8 nitrogen and oxygen atoms in total. The maximum Gasteiger partial charge on any atom is 0.407 e. The van der Waals surface area contributed by atoms with Gasteiger partial charge in [-0.3, -0.25) is 9.59 Å². The van der Waals surface area contributed by atoms with E-state index in [2.05, 4.69) is 34.9 Å². The molecule has 0 aromatic heterocycles. The molecule has 2 aromatic rings. The van der Waals surface area contributed by atoms with Crippen molar-refractivity contribution < 1.29 is 29.0 Å². The van der Waals surface area contributed by atoms with E-state index in [1.807, 2.05) is 24.3 Å². The molecule has 5 rings (SSSR count). The van der Waals surface area contributed by atoms with Gasteiger partial charge < -0.3 is 25.2 Å².